The number of nitro benzene ring substituents is 1. The quantitative estimate of drug-likeness (QED) is 0.650. The van der Waals surface area contributed by atoms with E-state index in [-0.39, 0.29) is 5.56 Å². The highest BCUT2D eigenvalue weighted by atomic mass is 19.3. The number of hydrogen-bond donors (Lipinski definition) is 1. The molecule has 1 rings (SSSR count). The van der Waals surface area contributed by atoms with Crippen molar-refractivity contribution in [2.75, 3.05) is 0 Å². The van der Waals surface area contributed by atoms with E-state index in [1.54, 1.807) is 0 Å². The van der Waals surface area contributed by atoms with Crippen LogP contribution in [-0.4, -0.2) is 22.6 Å². The van der Waals surface area contributed by atoms with Gasteiger partial charge < -0.3 is 9.84 Å². The number of ether oxygens (including phenoxy) is 1. The third-order valence-corrected chi connectivity index (χ3v) is 1.99. The molecule has 0 radical (unpaired) electrons. The molecule has 0 heterocycles. The van der Waals surface area contributed by atoms with Crippen molar-refractivity contribution in [2.45, 2.75) is 13.5 Å². The van der Waals surface area contributed by atoms with Gasteiger partial charge in [0.25, 0.3) is 5.69 Å². The summed E-state index contributed by atoms with van der Waals surface area (Å²) < 4.78 is 28.1. The zero-order chi connectivity index (χ0) is 13.2. The number of nitrogens with zero attached hydrogens (tertiary/aromatic N) is 1. The molecule has 1 aromatic carbocycles. The van der Waals surface area contributed by atoms with E-state index >= 15 is 0 Å². The van der Waals surface area contributed by atoms with Gasteiger partial charge in [0, 0.05) is 6.07 Å². The zero-order valence-corrected chi connectivity index (χ0v) is 8.52. The molecule has 0 unspecified atom stereocenters. The summed E-state index contributed by atoms with van der Waals surface area (Å²) in [6, 6.07) is 1.60. The van der Waals surface area contributed by atoms with E-state index in [9.17, 15) is 23.7 Å². The number of aromatic carboxylic acids is 1. The molecule has 1 N–H and O–H groups in total. The monoisotopic (exact) mass is 247 g/mol. The van der Waals surface area contributed by atoms with E-state index in [0.29, 0.717) is 0 Å². The van der Waals surface area contributed by atoms with Crippen LogP contribution in [0.25, 0.3) is 0 Å². The van der Waals surface area contributed by atoms with Crippen LogP contribution in [0.1, 0.15) is 15.9 Å². The molecule has 17 heavy (non-hydrogen) atoms. The third kappa shape index (κ3) is 2.86. The lowest BCUT2D eigenvalue weighted by atomic mass is 10.1. The van der Waals surface area contributed by atoms with Crippen LogP contribution < -0.4 is 4.74 Å². The SMILES string of the molecule is Cc1c(OC(F)F)cc(C(=O)O)cc1[N+](=O)[O-]. The van der Waals surface area contributed by atoms with E-state index < -0.39 is 34.5 Å². The van der Waals surface area contributed by atoms with Crippen LogP contribution in [0.2, 0.25) is 0 Å². The van der Waals surface area contributed by atoms with Gasteiger partial charge in [-0.2, -0.15) is 8.78 Å². The predicted molar refractivity (Wildman–Crippen MR) is 51.4 cm³/mol. The molecule has 0 saturated heterocycles. The van der Waals surface area contributed by atoms with Crippen LogP contribution in [-0.2, 0) is 0 Å². The van der Waals surface area contributed by atoms with Crippen LogP contribution in [0.5, 0.6) is 5.75 Å². The van der Waals surface area contributed by atoms with Crippen molar-refractivity contribution in [3.63, 3.8) is 0 Å². The fraction of sp³-hybridized carbons (Fsp3) is 0.222. The smallest absolute Gasteiger partial charge is 0.387 e. The van der Waals surface area contributed by atoms with Gasteiger partial charge in [0.1, 0.15) is 5.75 Å². The summed E-state index contributed by atoms with van der Waals surface area (Å²) >= 11 is 0. The predicted octanol–water partition coefficient (Wildman–Crippen LogP) is 2.20. The van der Waals surface area contributed by atoms with Crippen molar-refractivity contribution in [3.8, 4) is 5.75 Å². The highest BCUT2D eigenvalue weighted by molar-refractivity contribution is 5.89. The number of carboxylic acids is 1. The zero-order valence-electron chi connectivity index (χ0n) is 8.52. The molecule has 0 aliphatic heterocycles. The topological polar surface area (TPSA) is 89.7 Å². The van der Waals surface area contributed by atoms with Gasteiger partial charge in [-0.15, -0.1) is 0 Å². The van der Waals surface area contributed by atoms with Crippen LogP contribution >= 0.6 is 0 Å². The average Bonchev–Trinajstić information content (AvgIpc) is 2.19. The Balaban J connectivity index is 3.37. The molecule has 92 valence electrons. The van der Waals surface area contributed by atoms with E-state index in [2.05, 4.69) is 4.74 Å². The minimum absolute atomic E-state index is 0.152. The molecular formula is C9H7F2NO5. The molecule has 1 aromatic rings. The van der Waals surface area contributed by atoms with Crippen molar-refractivity contribution in [1.82, 2.24) is 0 Å². The van der Waals surface area contributed by atoms with E-state index in [0.717, 1.165) is 12.1 Å². The summed E-state index contributed by atoms with van der Waals surface area (Å²) in [6.45, 7) is -1.99. The van der Waals surface area contributed by atoms with Crippen molar-refractivity contribution in [2.24, 2.45) is 0 Å². The number of carbonyl (C=O) groups is 1. The number of rotatable bonds is 4. The maximum Gasteiger partial charge on any atom is 0.387 e. The molecule has 6 nitrogen and oxygen atoms in total. The molecule has 0 bridgehead atoms. The second kappa shape index (κ2) is 4.73. The number of hydrogen-bond acceptors (Lipinski definition) is 4. The molecule has 8 heteroatoms. The molecule has 0 spiro atoms. The molecule has 0 fully saturated rings. The molecule has 0 aliphatic rings. The van der Waals surface area contributed by atoms with E-state index in [4.69, 9.17) is 5.11 Å². The molecule has 0 saturated carbocycles. The number of carboxylic acid groups (broad SMARTS) is 1. The minimum Gasteiger partial charge on any atom is -0.478 e. The Labute approximate surface area is 93.6 Å². The summed E-state index contributed by atoms with van der Waals surface area (Å²) in [5.74, 6) is -1.99. The number of halogens is 2. The van der Waals surface area contributed by atoms with Crippen molar-refractivity contribution < 1.29 is 28.3 Å². The second-order valence-electron chi connectivity index (χ2n) is 3.06. The fourth-order valence-electron chi connectivity index (χ4n) is 1.20. The number of nitro groups is 1. The average molecular weight is 247 g/mol. The summed E-state index contributed by atoms with van der Waals surface area (Å²) in [6.07, 6.45) is 0. The van der Waals surface area contributed by atoms with Gasteiger partial charge in [-0.1, -0.05) is 0 Å². The van der Waals surface area contributed by atoms with Crippen molar-refractivity contribution >= 4 is 11.7 Å². The first-order chi connectivity index (χ1) is 7.82. The number of alkyl halides is 2. The standard InChI is InChI=1S/C9H7F2NO5/c1-4-6(12(15)16)2-5(8(13)14)3-7(4)17-9(10)11/h2-3,9H,1H3,(H,13,14). The maximum atomic E-state index is 12.0. The normalized spacial score (nSPS) is 10.4. The van der Waals surface area contributed by atoms with E-state index in [1.165, 1.54) is 6.92 Å². The van der Waals surface area contributed by atoms with Gasteiger partial charge in [0.2, 0.25) is 0 Å². The summed E-state index contributed by atoms with van der Waals surface area (Å²) in [5, 5.41) is 19.3. The lowest BCUT2D eigenvalue weighted by Crippen LogP contribution is -2.07. The van der Waals surface area contributed by atoms with Gasteiger partial charge in [0.05, 0.1) is 16.1 Å². The molecular weight excluding hydrogens is 240 g/mol. The largest absolute Gasteiger partial charge is 0.478 e. The van der Waals surface area contributed by atoms with Gasteiger partial charge in [0.15, 0.2) is 0 Å². The van der Waals surface area contributed by atoms with Crippen molar-refractivity contribution in [1.29, 1.82) is 0 Å². The highest BCUT2D eigenvalue weighted by Gasteiger charge is 2.21. The van der Waals surface area contributed by atoms with Crippen LogP contribution in [0.3, 0.4) is 0 Å². The first-order valence-electron chi connectivity index (χ1n) is 4.30. The Morgan fingerprint density at radius 2 is 2.12 bits per heavy atom. The summed E-state index contributed by atoms with van der Waals surface area (Å²) in [4.78, 5) is 20.4. The van der Waals surface area contributed by atoms with Crippen LogP contribution in [0.15, 0.2) is 12.1 Å². The minimum atomic E-state index is -3.18. The van der Waals surface area contributed by atoms with E-state index in [1.807, 2.05) is 0 Å². The summed E-state index contributed by atoms with van der Waals surface area (Å²) in [7, 11) is 0. The van der Waals surface area contributed by atoms with Crippen LogP contribution in [0, 0.1) is 17.0 Å². The molecule has 0 aliphatic carbocycles. The number of benzene rings is 1. The highest BCUT2D eigenvalue weighted by Crippen LogP contribution is 2.30. The Morgan fingerprint density at radius 1 is 1.53 bits per heavy atom. The van der Waals surface area contributed by atoms with Gasteiger partial charge in [-0.05, 0) is 13.0 Å². The lowest BCUT2D eigenvalue weighted by molar-refractivity contribution is -0.385. The Hall–Kier alpha value is -2.25. The van der Waals surface area contributed by atoms with Gasteiger partial charge in [-0.25, -0.2) is 4.79 Å². The molecule has 0 amide bonds. The lowest BCUT2D eigenvalue weighted by Gasteiger charge is -2.09. The molecule has 0 aromatic heterocycles. The first kappa shape index (κ1) is 12.8. The third-order valence-electron chi connectivity index (χ3n) is 1.99. The summed E-state index contributed by atoms with van der Waals surface area (Å²) in [5.41, 5.74) is -1.22. The Bertz CT molecular complexity index is 475. The van der Waals surface area contributed by atoms with Crippen LogP contribution in [0.4, 0.5) is 14.5 Å². The maximum absolute atomic E-state index is 12.0. The Morgan fingerprint density at radius 3 is 2.53 bits per heavy atom. The first-order valence-corrected chi connectivity index (χ1v) is 4.30. The fourth-order valence-corrected chi connectivity index (χ4v) is 1.20. The Kier molecular flexibility index (Phi) is 3.56. The molecule has 0 atom stereocenters. The van der Waals surface area contributed by atoms with Gasteiger partial charge >= 0.3 is 12.6 Å². The second-order valence-corrected chi connectivity index (χ2v) is 3.06. The van der Waals surface area contributed by atoms with Gasteiger partial charge in [-0.3, -0.25) is 10.1 Å². The van der Waals surface area contributed by atoms with Crippen molar-refractivity contribution in [3.05, 3.63) is 33.4 Å².